The zero-order valence-electron chi connectivity index (χ0n) is 14.3. The summed E-state index contributed by atoms with van der Waals surface area (Å²) in [6, 6.07) is 15.7. The van der Waals surface area contributed by atoms with Crippen molar-refractivity contribution < 1.29 is 4.79 Å². The molecule has 0 spiro atoms. The number of urea groups is 1. The van der Waals surface area contributed by atoms with Gasteiger partial charge in [0.2, 0.25) is 0 Å². The number of hydrogen-bond acceptors (Lipinski definition) is 2. The van der Waals surface area contributed by atoms with Gasteiger partial charge in [-0.3, -0.25) is 4.90 Å². The highest BCUT2D eigenvalue weighted by Crippen LogP contribution is 2.22. The van der Waals surface area contributed by atoms with Gasteiger partial charge in [0, 0.05) is 25.5 Å². The van der Waals surface area contributed by atoms with Crippen LogP contribution >= 0.6 is 0 Å². The first-order valence-electron chi connectivity index (χ1n) is 7.81. The summed E-state index contributed by atoms with van der Waals surface area (Å²) >= 11 is 0. The minimum atomic E-state index is -0.445. The summed E-state index contributed by atoms with van der Waals surface area (Å²) in [5, 5.41) is 0. The van der Waals surface area contributed by atoms with E-state index in [1.165, 1.54) is 5.56 Å². The molecular formula is C19H25N3O. The van der Waals surface area contributed by atoms with E-state index in [0.717, 1.165) is 16.9 Å². The molecule has 2 aromatic rings. The molecule has 0 aliphatic rings. The number of carbonyl (C=O) groups excluding carboxylic acids is 1. The average Bonchev–Trinajstić information content (AvgIpc) is 2.53. The molecule has 23 heavy (non-hydrogen) atoms. The van der Waals surface area contributed by atoms with Crippen LogP contribution in [0.15, 0.2) is 48.5 Å². The van der Waals surface area contributed by atoms with E-state index in [1.807, 2.05) is 67.5 Å². The summed E-state index contributed by atoms with van der Waals surface area (Å²) in [6.07, 6.45) is 0. The van der Waals surface area contributed by atoms with Crippen LogP contribution in [-0.4, -0.2) is 20.1 Å². The molecule has 0 unspecified atom stereocenters. The number of primary amides is 1. The lowest BCUT2D eigenvalue weighted by Crippen LogP contribution is -2.35. The molecule has 0 aliphatic heterocycles. The number of nitrogens with zero attached hydrogens (tertiary/aromatic N) is 2. The van der Waals surface area contributed by atoms with Crippen LogP contribution < -0.4 is 15.5 Å². The van der Waals surface area contributed by atoms with Crippen LogP contribution in [-0.2, 0) is 6.54 Å². The summed E-state index contributed by atoms with van der Waals surface area (Å²) in [6.45, 7) is 4.75. The van der Waals surface area contributed by atoms with Crippen LogP contribution in [0.5, 0.6) is 0 Å². The zero-order chi connectivity index (χ0) is 17.0. The molecule has 4 nitrogen and oxygen atoms in total. The normalized spacial score (nSPS) is 10.7. The topological polar surface area (TPSA) is 49.6 Å². The Bertz CT molecular complexity index is 645. The summed E-state index contributed by atoms with van der Waals surface area (Å²) in [7, 11) is 4.00. The van der Waals surface area contributed by atoms with Gasteiger partial charge >= 0.3 is 6.03 Å². The number of benzene rings is 2. The van der Waals surface area contributed by atoms with Gasteiger partial charge in [0.15, 0.2) is 0 Å². The Hall–Kier alpha value is -2.49. The highest BCUT2D eigenvalue weighted by Gasteiger charge is 2.13. The van der Waals surface area contributed by atoms with Crippen LogP contribution in [0.3, 0.4) is 0 Å². The molecule has 0 aromatic heterocycles. The monoisotopic (exact) mass is 311 g/mol. The maximum atomic E-state index is 11.8. The third kappa shape index (κ3) is 4.25. The van der Waals surface area contributed by atoms with E-state index in [4.69, 9.17) is 5.73 Å². The molecule has 0 aliphatic carbocycles. The SMILES string of the molecule is CC(C)c1ccc(N(Cc2ccc(N(C)C)cc2)C(N)=O)cc1. The van der Waals surface area contributed by atoms with Crippen molar-refractivity contribution in [1.29, 1.82) is 0 Å². The van der Waals surface area contributed by atoms with E-state index < -0.39 is 6.03 Å². The Labute approximate surface area is 138 Å². The molecule has 122 valence electrons. The van der Waals surface area contributed by atoms with Crippen molar-refractivity contribution in [3.63, 3.8) is 0 Å². The second-order valence-corrected chi connectivity index (χ2v) is 6.23. The maximum Gasteiger partial charge on any atom is 0.319 e. The van der Waals surface area contributed by atoms with Gasteiger partial charge in [0.05, 0.1) is 6.54 Å². The standard InChI is InChI=1S/C19H25N3O/c1-14(2)16-7-11-18(12-8-16)22(19(20)23)13-15-5-9-17(10-6-15)21(3)4/h5-12,14H,13H2,1-4H3,(H2,20,23). The van der Waals surface area contributed by atoms with Crippen molar-refractivity contribution in [3.8, 4) is 0 Å². The molecule has 0 heterocycles. The molecule has 0 saturated carbocycles. The van der Waals surface area contributed by atoms with Gasteiger partial charge in [0.1, 0.15) is 0 Å². The summed E-state index contributed by atoms with van der Waals surface area (Å²) in [5.41, 5.74) is 9.80. The van der Waals surface area contributed by atoms with Crippen LogP contribution in [0.4, 0.5) is 16.2 Å². The third-order valence-electron chi connectivity index (χ3n) is 3.93. The summed E-state index contributed by atoms with van der Waals surface area (Å²) in [5.74, 6) is 0.463. The van der Waals surface area contributed by atoms with E-state index in [2.05, 4.69) is 13.8 Å². The Morgan fingerprint density at radius 2 is 1.48 bits per heavy atom. The number of carbonyl (C=O) groups is 1. The Morgan fingerprint density at radius 1 is 0.957 bits per heavy atom. The van der Waals surface area contributed by atoms with Gasteiger partial charge in [-0.25, -0.2) is 4.79 Å². The van der Waals surface area contributed by atoms with Gasteiger partial charge < -0.3 is 10.6 Å². The zero-order valence-corrected chi connectivity index (χ0v) is 14.3. The van der Waals surface area contributed by atoms with Crippen molar-refractivity contribution in [3.05, 3.63) is 59.7 Å². The van der Waals surface area contributed by atoms with Gasteiger partial charge in [-0.1, -0.05) is 38.1 Å². The quantitative estimate of drug-likeness (QED) is 0.908. The van der Waals surface area contributed by atoms with Crippen LogP contribution in [0.2, 0.25) is 0 Å². The van der Waals surface area contributed by atoms with E-state index in [-0.39, 0.29) is 0 Å². The van der Waals surface area contributed by atoms with Crippen molar-refractivity contribution in [1.82, 2.24) is 0 Å². The van der Waals surface area contributed by atoms with Crippen molar-refractivity contribution >= 4 is 17.4 Å². The molecule has 0 saturated heterocycles. The van der Waals surface area contributed by atoms with E-state index in [9.17, 15) is 4.79 Å². The smallest absolute Gasteiger partial charge is 0.319 e. The van der Waals surface area contributed by atoms with Crippen LogP contribution in [0, 0.1) is 0 Å². The van der Waals surface area contributed by atoms with E-state index in [0.29, 0.717) is 12.5 Å². The largest absolute Gasteiger partial charge is 0.378 e. The van der Waals surface area contributed by atoms with Gasteiger partial charge in [0.25, 0.3) is 0 Å². The minimum absolute atomic E-state index is 0.445. The van der Waals surface area contributed by atoms with Crippen LogP contribution in [0.25, 0.3) is 0 Å². The molecule has 0 fully saturated rings. The lowest BCUT2D eigenvalue weighted by atomic mass is 10.0. The number of anilines is 2. The lowest BCUT2D eigenvalue weighted by Gasteiger charge is -2.22. The van der Waals surface area contributed by atoms with Gasteiger partial charge in [-0.05, 0) is 41.3 Å². The predicted octanol–water partition coefficient (Wildman–Crippen LogP) is 3.96. The first kappa shape index (κ1) is 16.9. The molecule has 2 N–H and O–H groups in total. The van der Waals surface area contributed by atoms with Crippen molar-refractivity contribution in [2.45, 2.75) is 26.3 Å². The second kappa shape index (κ2) is 7.18. The fourth-order valence-electron chi connectivity index (χ4n) is 2.42. The lowest BCUT2D eigenvalue weighted by molar-refractivity contribution is 0.253. The number of amides is 2. The molecular weight excluding hydrogens is 286 g/mol. The minimum Gasteiger partial charge on any atom is -0.378 e. The highest BCUT2D eigenvalue weighted by molar-refractivity contribution is 5.90. The van der Waals surface area contributed by atoms with Crippen LogP contribution in [0.1, 0.15) is 30.9 Å². The maximum absolute atomic E-state index is 11.8. The molecule has 0 atom stereocenters. The predicted molar refractivity (Wildman–Crippen MR) is 97.1 cm³/mol. The number of rotatable bonds is 5. The Morgan fingerprint density at radius 3 is 1.91 bits per heavy atom. The number of nitrogens with two attached hydrogens (primary N) is 1. The summed E-state index contributed by atoms with van der Waals surface area (Å²) < 4.78 is 0. The molecule has 4 heteroatoms. The second-order valence-electron chi connectivity index (χ2n) is 6.23. The third-order valence-corrected chi connectivity index (χ3v) is 3.93. The average molecular weight is 311 g/mol. The molecule has 0 radical (unpaired) electrons. The Balaban J connectivity index is 2.20. The van der Waals surface area contributed by atoms with E-state index in [1.54, 1.807) is 4.90 Å². The molecule has 2 aromatic carbocycles. The first-order valence-corrected chi connectivity index (χ1v) is 7.81. The highest BCUT2D eigenvalue weighted by atomic mass is 16.2. The number of hydrogen-bond donors (Lipinski definition) is 1. The van der Waals surface area contributed by atoms with Gasteiger partial charge in [-0.2, -0.15) is 0 Å². The fraction of sp³-hybridized carbons (Fsp3) is 0.316. The summed E-state index contributed by atoms with van der Waals surface area (Å²) in [4.78, 5) is 15.5. The first-order chi connectivity index (χ1) is 10.9. The van der Waals surface area contributed by atoms with Gasteiger partial charge in [-0.15, -0.1) is 0 Å². The molecule has 2 amide bonds. The van der Waals surface area contributed by atoms with E-state index >= 15 is 0 Å². The molecule has 0 bridgehead atoms. The van der Waals surface area contributed by atoms with Crippen molar-refractivity contribution in [2.24, 2.45) is 5.73 Å². The molecule has 2 rings (SSSR count). The van der Waals surface area contributed by atoms with Crippen molar-refractivity contribution in [2.75, 3.05) is 23.9 Å². The fourth-order valence-corrected chi connectivity index (χ4v) is 2.42. The Kier molecular flexibility index (Phi) is 5.27.